The van der Waals surface area contributed by atoms with Crippen LogP contribution in [0.25, 0.3) is 0 Å². The Morgan fingerprint density at radius 1 is 1.45 bits per heavy atom. The van der Waals surface area contributed by atoms with E-state index in [1.54, 1.807) is 0 Å². The molecule has 1 amide bonds. The van der Waals surface area contributed by atoms with Crippen molar-refractivity contribution in [2.75, 3.05) is 13.7 Å². The maximum absolute atomic E-state index is 12.4. The minimum atomic E-state index is -4.59. The summed E-state index contributed by atoms with van der Waals surface area (Å²) in [4.78, 5) is 22.6. The summed E-state index contributed by atoms with van der Waals surface area (Å²) in [5.41, 5.74) is -2.28. The summed E-state index contributed by atoms with van der Waals surface area (Å²) in [6.45, 7) is 0.944. The van der Waals surface area contributed by atoms with Gasteiger partial charge in [-0.1, -0.05) is 0 Å². The summed E-state index contributed by atoms with van der Waals surface area (Å²) in [6.07, 6.45) is -3.96. The Labute approximate surface area is 124 Å². The van der Waals surface area contributed by atoms with Crippen molar-refractivity contribution in [2.24, 2.45) is 0 Å². The second-order valence-corrected chi connectivity index (χ2v) is 5.01. The van der Waals surface area contributed by atoms with Gasteiger partial charge in [0, 0.05) is 13.3 Å². The summed E-state index contributed by atoms with van der Waals surface area (Å²) >= 11 is 0. The van der Waals surface area contributed by atoms with Gasteiger partial charge in [0.25, 0.3) is 0 Å². The second kappa shape index (κ2) is 6.77. The normalized spacial score (nSPS) is 14.4. The number of amides is 1. The lowest BCUT2D eigenvalue weighted by Crippen LogP contribution is -2.51. The molecular weight excluding hydrogens is 307 g/mol. The molecule has 0 bridgehead atoms. The minimum Gasteiger partial charge on any atom is -0.481 e. The molecule has 1 aromatic rings. The van der Waals surface area contributed by atoms with Crippen LogP contribution in [0, 0.1) is 0 Å². The number of carboxylic acids is 1. The van der Waals surface area contributed by atoms with Gasteiger partial charge in [0.1, 0.15) is 6.54 Å². The number of alkyl halides is 3. The number of carbonyl (C=O) groups is 2. The molecule has 0 aliphatic carbocycles. The topological polar surface area (TPSA) is 93.5 Å². The average Bonchev–Trinajstić information content (AvgIpc) is 2.75. The largest absolute Gasteiger partial charge is 0.481 e. The number of aromatic nitrogens is 2. The lowest BCUT2D eigenvalue weighted by Gasteiger charge is -2.28. The number of methoxy groups -OCH3 is 1. The van der Waals surface area contributed by atoms with Crippen LogP contribution in [0.1, 0.15) is 19.0 Å². The molecule has 0 saturated carbocycles. The van der Waals surface area contributed by atoms with Crippen molar-refractivity contribution < 1.29 is 32.6 Å². The number of aliphatic carboxylic acids is 1. The fourth-order valence-electron chi connectivity index (χ4n) is 1.91. The van der Waals surface area contributed by atoms with Crippen LogP contribution in [0.2, 0.25) is 0 Å². The highest BCUT2D eigenvalue weighted by Crippen LogP contribution is 2.27. The summed E-state index contributed by atoms with van der Waals surface area (Å²) < 4.78 is 42.9. The van der Waals surface area contributed by atoms with Crippen LogP contribution in [0.4, 0.5) is 13.2 Å². The number of nitrogens with zero attached hydrogens (tertiary/aromatic N) is 2. The van der Waals surface area contributed by atoms with Crippen molar-refractivity contribution in [1.82, 2.24) is 15.1 Å². The van der Waals surface area contributed by atoms with E-state index in [0.29, 0.717) is 0 Å². The Morgan fingerprint density at radius 2 is 2.09 bits per heavy atom. The van der Waals surface area contributed by atoms with E-state index in [2.05, 4.69) is 10.4 Å². The van der Waals surface area contributed by atoms with Gasteiger partial charge >= 0.3 is 12.1 Å². The Morgan fingerprint density at radius 3 is 2.55 bits per heavy atom. The third kappa shape index (κ3) is 5.35. The number of halogens is 3. The number of rotatable bonds is 7. The van der Waals surface area contributed by atoms with Gasteiger partial charge in [-0.25, -0.2) is 0 Å². The van der Waals surface area contributed by atoms with Gasteiger partial charge < -0.3 is 15.2 Å². The van der Waals surface area contributed by atoms with E-state index in [0.717, 1.165) is 16.9 Å². The summed E-state index contributed by atoms with van der Waals surface area (Å²) in [7, 11) is 1.34. The average molecular weight is 323 g/mol. The van der Waals surface area contributed by atoms with Crippen molar-refractivity contribution >= 4 is 11.9 Å². The van der Waals surface area contributed by atoms with E-state index in [1.165, 1.54) is 14.0 Å². The SMILES string of the molecule is COCC(C)(CC(=O)O)NC(=O)Cn1ccc(C(F)(F)F)n1. The minimum absolute atomic E-state index is 0.0576. The van der Waals surface area contributed by atoms with Gasteiger partial charge in [0.05, 0.1) is 18.6 Å². The molecule has 1 heterocycles. The van der Waals surface area contributed by atoms with Crippen molar-refractivity contribution in [3.8, 4) is 0 Å². The van der Waals surface area contributed by atoms with Crippen LogP contribution in [0.15, 0.2) is 12.3 Å². The van der Waals surface area contributed by atoms with Crippen LogP contribution in [0.5, 0.6) is 0 Å². The molecule has 22 heavy (non-hydrogen) atoms. The highest BCUT2D eigenvalue weighted by atomic mass is 19.4. The highest BCUT2D eigenvalue weighted by Gasteiger charge is 2.34. The number of nitrogens with one attached hydrogen (secondary N) is 1. The zero-order valence-electron chi connectivity index (χ0n) is 12.0. The molecule has 0 aromatic carbocycles. The Bertz CT molecular complexity index is 544. The maximum atomic E-state index is 12.4. The Balaban J connectivity index is 2.71. The first-order valence-electron chi connectivity index (χ1n) is 6.18. The van der Waals surface area contributed by atoms with Gasteiger partial charge in [0.2, 0.25) is 5.91 Å². The first-order valence-corrected chi connectivity index (χ1v) is 6.18. The number of hydrogen-bond donors (Lipinski definition) is 2. The number of carboxylic acid groups (broad SMARTS) is 1. The molecule has 7 nitrogen and oxygen atoms in total. The third-order valence-electron chi connectivity index (χ3n) is 2.68. The monoisotopic (exact) mass is 323 g/mol. The molecule has 10 heteroatoms. The van der Waals surface area contributed by atoms with Crippen LogP contribution in [-0.2, 0) is 27.0 Å². The molecule has 1 atom stereocenters. The van der Waals surface area contributed by atoms with E-state index in [1.807, 2.05) is 0 Å². The Hall–Kier alpha value is -2.10. The molecule has 0 radical (unpaired) electrons. The van der Waals surface area contributed by atoms with Gasteiger partial charge in [-0.05, 0) is 13.0 Å². The molecule has 0 fully saturated rings. The molecule has 1 unspecified atom stereocenters. The molecule has 124 valence electrons. The molecule has 0 saturated heterocycles. The fourth-order valence-corrected chi connectivity index (χ4v) is 1.91. The summed E-state index contributed by atoms with van der Waals surface area (Å²) in [5.74, 6) is -1.81. The zero-order chi connectivity index (χ0) is 17.0. The van der Waals surface area contributed by atoms with E-state index < -0.39 is 35.8 Å². The molecule has 2 N–H and O–H groups in total. The lowest BCUT2D eigenvalue weighted by molar-refractivity contribution is -0.142. The van der Waals surface area contributed by atoms with Gasteiger partial charge in [0.15, 0.2) is 5.69 Å². The van der Waals surface area contributed by atoms with Crippen molar-refractivity contribution in [3.05, 3.63) is 18.0 Å². The fraction of sp³-hybridized carbons (Fsp3) is 0.583. The standard InChI is InChI=1S/C12H16F3N3O4/c1-11(7-22-2,5-10(20)21)16-9(19)6-18-4-3-8(17-18)12(13,14)15/h3-4H,5-7H2,1-2H3,(H,16,19)(H,20,21). The van der Waals surface area contributed by atoms with Crippen LogP contribution in [0.3, 0.4) is 0 Å². The molecular formula is C12H16F3N3O4. The number of ether oxygens (including phenoxy) is 1. The van der Waals surface area contributed by atoms with Gasteiger partial charge in [-0.2, -0.15) is 18.3 Å². The number of hydrogen-bond acceptors (Lipinski definition) is 4. The van der Waals surface area contributed by atoms with E-state index in [9.17, 15) is 22.8 Å². The smallest absolute Gasteiger partial charge is 0.435 e. The highest BCUT2D eigenvalue weighted by molar-refractivity contribution is 5.78. The molecule has 0 aliphatic heterocycles. The van der Waals surface area contributed by atoms with Crippen molar-refractivity contribution in [1.29, 1.82) is 0 Å². The zero-order valence-corrected chi connectivity index (χ0v) is 12.0. The van der Waals surface area contributed by atoms with Crippen molar-refractivity contribution in [3.63, 3.8) is 0 Å². The third-order valence-corrected chi connectivity index (χ3v) is 2.68. The molecule has 1 aromatic heterocycles. The first-order chi connectivity index (χ1) is 10.1. The van der Waals surface area contributed by atoms with E-state index in [-0.39, 0.29) is 13.0 Å². The van der Waals surface area contributed by atoms with Crippen molar-refractivity contribution in [2.45, 2.75) is 31.6 Å². The number of carbonyl (C=O) groups excluding carboxylic acids is 1. The van der Waals surface area contributed by atoms with E-state index >= 15 is 0 Å². The predicted octanol–water partition coefficient (Wildman–Crippen LogP) is 0.898. The summed E-state index contributed by atoms with van der Waals surface area (Å²) in [5, 5.41) is 14.5. The molecule has 1 rings (SSSR count). The second-order valence-electron chi connectivity index (χ2n) is 5.01. The van der Waals surface area contributed by atoms with Gasteiger partial charge in [-0.3, -0.25) is 14.3 Å². The molecule has 0 aliphatic rings. The quantitative estimate of drug-likeness (QED) is 0.777. The first kappa shape index (κ1) is 18.0. The van der Waals surface area contributed by atoms with Crippen LogP contribution < -0.4 is 5.32 Å². The predicted molar refractivity (Wildman–Crippen MR) is 67.9 cm³/mol. The van der Waals surface area contributed by atoms with Crippen LogP contribution >= 0.6 is 0 Å². The van der Waals surface area contributed by atoms with Crippen LogP contribution in [-0.4, -0.2) is 46.0 Å². The Kier molecular flexibility index (Phi) is 5.53. The van der Waals surface area contributed by atoms with Gasteiger partial charge in [-0.15, -0.1) is 0 Å². The van der Waals surface area contributed by atoms with E-state index in [4.69, 9.17) is 9.84 Å². The maximum Gasteiger partial charge on any atom is 0.435 e. The summed E-state index contributed by atoms with van der Waals surface area (Å²) in [6, 6.07) is 0.749. The molecule has 0 spiro atoms. The lowest BCUT2D eigenvalue weighted by atomic mass is 9.99.